The van der Waals surface area contributed by atoms with Crippen molar-refractivity contribution in [2.24, 2.45) is 0 Å². The Labute approximate surface area is 129 Å². The molecule has 0 saturated carbocycles. The van der Waals surface area contributed by atoms with Gasteiger partial charge in [0.2, 0.25) is 0 Å². The third-order valence-electron chi connectivity index (χ3n) is 4.13. The molecule has 3 rings (SSSR count). The van der Waals surface area contributed by atoms with Crippen molar-refractivity contribution in [3.63, 3.8) is 0 Å². The van der Waals surface area contributed by atoms with Crippen LogP contribution in [0.25, 0.3) is 11.0 Å². The van der Waals surface area contributed by atoms with Gasteiger partial charge in [-0.15, -0.1) is 0 Å². The molecule has 0 spiro atoms. The molecule has 1 aliphatic heterocycles. The van der Waals surface area contributed by atoms with E-state index in [1.165, 1.54) is 0 Å². The van der Waals surface area contributed by atoms with E-state index in [9.17, 15) is 8.42 Å². The smallest absolute Gasteiger partial charge is 0.155 e. The predicted molar refractivity (Wildman–Crippen MR) is 84.5 cm³/mol. The summed E-state index contributed by atoms with van der Waals surface area (Å²) in [5.41, 5.74) is 0.614. The van der Waals surface area contributed by atoms with Gasteiger partial charge in [-0.05, 0) is 32.0 Å². The fraction of sp³-hybridized carbons (Fsp3) is 0.467. The van der Waals surface area contributed by atoms with Gasteiger partial charge in [0.15, 0.2) is 15.4 Å². The lowest BCUT2D eigenvalue weighted by Crippen LogP contribution is -2.39. The number of rotatable bonds is 3. The average molecular weight is 328 g/mol. The first-order valence-corrected chi connectivity index (χ1v) is 9.19. The van der Waals surface area contributed by atoms with Crippen LogP contribution in [-0.4, -0.2) is 26.5 Å². The Kier molecular flexibility index (Phi) is 3.99. The molecule has 1 saturated heterocycles. The van der Waals surface area contributed by atoms with Crippen molar-refractivity contribution >= 4 is 32.4 Å². The van der Waals surface area contributed by atoms with Crippen molar-refractivity contribution in [2.45, 2.75) is 30.6 Å². The minimum absolute atomic E-state index is 0.261. The first kappa shape index (κ1) is 14.9. The molecule has 0 bridgehead atoms. The van der Waals surface area contributed by atoms with E-state index < -0.39 is 15.1 Å². The molecule has 0 radical (unpaired) electrons. The van der Waals surface area contributed by atoms with Gasteiger partial charge in [-0.2, -0.15) is 0 Å². The zero-order chi connectivity index (χ0) is 15.0. The third kappa shape index (κ3) is 2.70. The van der Waals surface area contributed by atoms with Gasteiger partial charge in [-0.1, -0.05) is 30.2 Å². The maximum absolute atomic E-state index is 12.3. The van der Waals surface area contributed by atoms with Gasteiger partial charge < -0.3 is 9.73 Å². The second-order valence-electron chi connectivity index (χ2n) is 5.47. The van der Waals surface area contributed by atoms with Gasteiger partial charge >= 0.3 is 0 Å². The number of para-hydroxylation sites is 1. The Morgan fingerprint density at radius 3 is 2.86 bits per heavy atom. The van der Waals surface area contributed by atoms with Gasteiger partial charge in [0.25, 0.3) is 0 Å². The van der Waals surface area contributed by atoms with E-state index in [0.717, 1.165) is 18.2 Å². The Balaban J connectivity index is 2.03. The van der Waals surface area contributed by atoms with E-state index in [1.54, 1.807) is 13.1 Å². The van der Waals surface area contributed by atoms with Crippen LogP contribution in [0.15, 0.2) is 28.7 Å². The van der Waals surface area contributed by atoms with Crippen LogP contribution in [0.2, 0.25) is 5.02 Å². The quantitative estimate of drug-likeness (QED) is 0.939. The first-order valence-electron chi connectivity index (χ1n) is 7.10. The summed E-state index contributed by atoms with van der Waals surface area (Å²) in [6, 6.07) is 7.08. The number of nitrogens with one attached hydrogen (secondary N) is 1. The summed E-state index contributed by atoms with van der Waals surface area (Å²) in [7, 11) is -1.32. The van der Waals surface area contributed by atoms with Crippen molar-refractivity contribution in [3.8, 4) is 0 Å². The average Bonchev–Trinajstić information content (AvgIpc) is 2.86. The van der Waals surface area contributed by atoms with Crippen LogP contribution in [0, 0.1) is 0 Å². The summed E-state index contributed by atoms with van der Waals surface area (Å²) in [6.07, 6.45) is 2.35. The molecule has 1 aromatic heterocycles. The number of sulfone groups is 1. The standard InChI is InChI=1S/C15H18ClNO3S/c1-17-14(13-7-2-3-8-21(13,18)19)12-9-10-5-4-6-11(16)15(10)20-12/h4-6,9,13-14,17H,2-3,7-8H2,1H3. The Morgan fingerprint density at radius 1 is 1.38 bits per heavy atom. The molecule has 114 valence electrons. The molecule has 4 nitrogen and oxygen atoms in total. The van der Waals surface area contributed by atoms with Crippen molar-refractivity contribution < 1.29 is 12.8 Å². The fourth-order valence-corrected chi connectivity index (χ4v) is 5.41. The minimum Gasteiger partial charge on any atom is -0.458 e. The molecule has 1 fully saturated rings. The minimum atomic E-state index is -3.09. The summed E-state index contributed by atoms with van der Waals surface area (Å²) in [6.45, 7) is 0. The van der Waals surface area contributed by atoms with E-state index in [1.807, 2.05) is 18.2 Å². The van der Waals surface area contributed by atoms with Gasteiger partial charge in [-0.3, -0.25) is 0 Å². The maximum atomic E-state index is 12.3. The van der Waals surface area contributed by atoms with E-state index in [-0.39, 0.29) is 11.8 Å². The predicted octanol–water partition coefficient (Wildman–Crippen LogP) is 3.31. The molecule has 0 aliphatic carbocycles. The van der Waals surface area contributed by atoms with Crippen LogP contribution in [0.3, 0.4) is 0 Å². The largest absolute Gasteiger partial charge is 0.458 e. The molecule has 21 heavy (non-hydrogen) atoms. The zero-order valence-electron chi connectivity index (χ0n) is 11.8. The van der Waals surface area contributed by atoms with E-state index in [4.69, 9.17) is 16.0 Å². The van der Waals surface area contributed by atoms with Gasteiger partial charge in [0, 0.05) is 5.39 Å². The molecule has 6 heteroatoms. The Morgan fingerprint density at radius 2 is 2.19 bits per heavy atom. The van der Waals surface area contributed by atoms with Crippen LogP contribution in [-0.2, 0) is 9.84 Å². The topological polar surface area (TPSA) is 59.3 Å². The van der Waals surface area contributed by atoms with Crippen LogP contribution in [0.5, 0.6) is 0 Å². The molecular formula is C15H18ClNO3S. The number of benzene rings is 1. The van der Waals surface area contributed by atoms with Gasteiger partial charge in [0.05, 0.1) is 22.1 Å². The number of hydrogen-bond donors (Lipinski definition) is 1. The molecule has 1 N–H and O–H groups in total. The van der Waals surface area contributed by atoms with E-state index in [2.05, 4.69) is 5.32 Å². The summed E-state index contributed by atoms with van der Waals surface area (Å²) in [4.78, 5) is 0. The summed E-state index contributed by atoms with van der Waals surface area (Å²) < 4.78 is 30.5. The summed E-state index contributed by atoms with van der Waals surface area (Å²) in [5, 5.41) is 4.11. The number of furan rings is 1. The Hall–Kier alpha value is -1.04. The molecule has 1 aromatic carbocycles. The summed E-state index contributed by atoms with van der Waals surface area (Å²) in [5.74, 6) is 0.896. The molecule has 1 aliphatic rings. The highest BCUT2D eigenvalue weighted by atomic mass is 35.5. The molecule has 2 aromatic rings. The second-order valence-corrected chi connectivity index (χ2v) is 8.22. The highest BCUT2D eigenvalue weighted by molar-refractivity contribution is 7.92. The zero-order valence-corrected chi connectivity index (χ0v) is 13.4. The van der Waals surface area contributed by atoms with E-state index >= 15 is 0 Å². The van der Waals surface area contributed by atoms with Crippen molar-refractivity contribution in [1.82, 2.24) is 5.32 Å². The lowest BCUT2D eigenvalue weighted by Gasteiger charge is -2.28. The van der Waals surface area contributed by atoms with E-state index in [0.29, 0.717) is 22.8 Å². The van der Waals surface area contributed by atoms with Crippen LogP contribution in [0.4, 0.5) is 0 Å². The first-order chi connectivity index (χ1) is 10.0. The summed E-state index contributed by atoms with van der Waals surface area (Å²) >= 11 is 6.13. The lowest BCUT2D eigenvalue weighted by molar-refractivity contribution is 0.406. The highest BCUT2D eigenvalue weighted by Crippen LogP contribution is 2.35. The number of fused-ring (bicyclic) bond motifs is 1. The molecule has 2 heterocycles. The van der Waals surface area contributed by atoms with Crippen molar-refractivity contribution in [2.75, 3.05) is 12.8 Å². The molecular weight excluding hydrogens is 310 g/mol. The molecule has 2 unspecified atom stereocenters. The van der Waals surface area contributed by atoms with Gasteiger partial charge in [0.1, 0.15) is 5.76 Å². The van der Waals surface area contributed by atoms with Crippen LogP contribution < -0.4 is 5.32 Å². The van der Waals surface area contributed by atoms with Crippen LogP contribution in [0.1, 0.15) is 31.1 Å². The molecule has 2 atom stereocenters. The number of halogens is 1. The number of hydrogen-bond acceptors (Lipinski definition) is 4. The van der Waals surface area contributed by atoms with Crippen molar-refractivity contribution in [3.05, 3.63) is 35.0 Å². The maximum Gasteiger partial charge on any atom is 0.155 e. The monoisotopic (exact) mass is 327 g/mol. The SMILES string of the molecule is CNC(c1cc2cccc(Cl)c2o1)C1CCCCS1(=O)=O. The normalized spacial score (nSPS) is 23.2. The third-order valence-corrected chi connectivity index (χ3v) is 6.72. The highest BCUT2D eigenvalue weighted by Gasteiger charge is 2.37. The molecule has 0 amide bonds. The van der Waals surface area contributed by atoms with Crippen LogP contribution >= 0.6 is 11.6 Å². The van der Waals surface area contributed by atoms with Crippen molar-refractivity contribution in [1.29, 1.82) is 0 Å². The fourth-order valence-electron chi connectivity index (χ4n) is 3.07. The second kappa shape index (κ2) is 5.63. The lowest BCUT2D eigenvalue weighted by atomic mass is 10.0. The van der Waals surface area contributed by atoms with Gasteiger partial charge in [-0.25, -0.2) is 8.42 Å². The Bertz CT molecular complexity index is 753.